The van der Waals surface area contributed by atoms with E-state index in [1.54, 1.807) is 0 Å². The van der Waals surface area contributed by atoms with Gasteiger partial charge in [0.15, 0.2) is 0 Å². The first-order valence-corrected chi connectivity index (χ1v) is 8.85. The molecule has 1 saturated heterocycles. The molecule has 112 valence electrons. The zero-order valence-corrected chi connectivity index (χ0v) is 13.1. The Kier molecular flexibility index (Phi) is 6.56. The summed E-state index contributed by atoms with van der Waals surface area (Å²) in [5.74, 6) is 0.466. The van der Waals surface area contributed by atoms with Crippen molar-refractivity contribution >= 4 is 27.5 Å². The van der Waals surface area contributed by atoms with Crippen molar-refractivity contribution in [3.63, 3.8) is 0 Å². The van der Waals surface area contributed by atoms with Crippen molar-refractivity contribution in [3.8, 4) is 0 Å². The number of hydrogen-bond acceptors (Lipinski definition) is 3. The molecule has 1 heterocycles. The highest BCUT2D eigenvalue weighted by Gasteiger charge is 2.28. The number of amides is 1. The topological polar surface area (TPSA) is 66.5 Å². The third-order valence-electron chi connectivity index (χ3n) is 3.25. The first kappa shape index (κ1) is 16.7. The molecule has 0 aromatic heterocycles. The zero-order chi connectivity index (χ0) is 14.5. The molecule has 0 radical (unpaired) electrons. The van der Waals surface area contributed by atoms with Crippen molar-refractivity contribution in [1.82, 2.24) is 9.62 Å². The van der Waals surface area contributed by atoms with E-state index in [9.17, 15) is 13.2 Å². The first-order chi connectivity index (χ1) is 8.86. The summed E-state index contributed by atoms with van der Waals surface area (Å²) in [5, 5.41) is 2.95. The molecule has 1 fully saturated rings. The Hall–Kier alpha value is -0.330. The molecule has 7 heteroatoms. The predicted molar refractivity (Wildman–Crippen MR) is 76.7 cm³/mol. The van der Waals surface area contributed by atoms with Crippen LogP contribution in [0.3, 0.4) is 0 Å². The molecule has 1 aliphatic rings. The average molecular weight is 311 g/mol. The highest BCUT2D eigenvalue weighted by Crippen LogP contribution is 2.15. The summed E-state index contributed by atoms with van der Waals surface area (Å²) in [6, 6.07) is 0.0920. The minimum Gasteiger partial charge on any atom is -0.353 e. The molecule has 0 atom stereocenters. The lowest BCUT2D eigenvalue weighted by molar-refractivity contribution is -0.124. The number of carbonyl (C=O) groups excluding carboxylic acids is 1. The molecule has 0 spiro atoms. The van der Waals surface area contributed by atoms with Crippen molar-refractivity contribution in [2.24, 2.45) is 5.92 Å². The molecule has 0 aromatic rings. The van der Waals surface area contributed by atoms with E-state index in [1.807, 2.05) is 13.8 Å². The van der Waals surface area contributed by atoms with Crippen LogP contribution in [0.4, 0.5) is 0 Å². The van der Waals surface area contributed by atoms with Crippen molar-refractivity contribution in [3.05, 3.63) is 0 Å². The molecular weight excluding hydrogens is 288 g/mol. The molecule has 19 heavy (non-hydrogen) atoms. The minimum atomic E-state index is -3.18. The Bertz CT molecular complexity index is 390. The summed E-state index contributed by atoms with van der Waals surface area (Å²) < 4.78 is 25.4. The first-order valence-electron chi connectivity index (χ1n) is 6.71. The third-order valence-corrected chi connectivity index (χ3v) is 5.48. The molecule has 1 aliphatic heterocycles. The second-order valence-electron chi connectivity index (χ2n) is 5.20. The van der Waals surface area contributed by atoms with Gasteiger partial charge in [0.05, 0.1) is 5.75 Å². The number of rotatable bonds is 6. The van der Waals surface area contributed by atoms with E-state index < -0.39 is 10.0 Å². The standard InChI is InChI=1S/C12H23ClN2O3S/c1-10(2)12(16)14-11-4-7-15(8-5-11)19(17,18)9-3-6-13/h10-11H,3-9H2,1-2H3,(H,14,16). The Labute approximate surface area is 120 Å². The van der Waals surface area contributed by atoms with Gasteiger partial charge < -0.3 is 5.32 Å². The molecule has 0 saturated carbocycles. The van der Waals surface area contributed by atoms with Crippen LogP contribution in [0.25, 0.3) is 0 Å². The molecule has 1 amide bonds. The molecule has 1 N–H and O–H groups in total. The van der Waals surface area contributed by atoms with E-state index in [4.69, 9.17) is 11.6 Å². The summed E-state index contributed by atoms with van der Waals surface area (Å²) in [4.78, 5) is 11.6. The second-order valence-corrected chi connectivity index (χ2v) is 7.66. The maximum atomic E-state index is 12.0. The monoisotopic (exact) mass is 310 g/mol. The SMILES string of the molecule is CC(C)C(=O)NC1CCN(S(=O)(=O)CCCCl)CC1. The minimum absolute atomic E-state index is 0.0310. The van der Waals surface area contributed by atoms with Gasteiger partial charge in [0.25, 0.3) is 0 Å². The number of nitrogens with zero attached hydrogens (tertiary/aromatic N) is 1. The number of sulfonamides is 1. The van der Waals surface area contributed by atoms with Crippen LogP contribution in [0, 0.1) is 5.92 Å². The quantitative estimate of drug-likeness (QED) is 0.749. The summed E-state index contributed by atoms with van der Waals surface area (Å²) in [6.45, 7) is 4.66. The lowest BCUT2D eigenvalue weighted by atomic mass is 10.1. The molecule has 0 unspecified atom stereocenters. The Morgan fingerprint density at radius 1 is 1.37 bits per heavy atom. The van der Waals surface area contributed by atoms with E-state index in [-0.39, 0.29) is 23.6 Å². The molecular formula is C12H23ClN2O3S. The number of piperidine rings is 1. The Morgan fingerprint density at radius 2 is 1.95 bits per heavy atom. The van der Waals surface area contributed by atoms with E-state index in [1.165, 1.54) is 4.31 Å². The summed E-state index contributed by atoms with van der Waals surface area (Å²) >= 11 is 5.53. The molecule has 0 aliphatic carbocycles. The van der Waals surface area contributed by atoms with Crippen LogP contribution in [0.1, 0.15) is 33.1 Å². The van der Waals surface area contributed by atoms with Crippen molar-refractivity contribution in [2.75, 3.05) is 24.7 Å². The highest BCUT2D eigenvalue weighted by molar-refractivity contribution is 7.89. The number of carbonyl (C=O) groups is 1. The zero-order valence-electron chi connectivity index (χ0n) is 11.6. The maximum Gasteiger partial charge on any atom is 0.222 e. The van der Waals surface area contributed by atoms with Gasteiger partial charge in [-0.05, 0) is 19.3 Å². The smallest absolute Gasteiger partial charge is 0.222 e. The average Bonchev–Trinajstić information content (AvgIpc) is 2.37. The van der Waals surface area contributed by atoms with Crippen LogP contribution < -0.4 is 5.32 Å². The molecule has 0 aromatic carbocycles. The van der Waals surface area contributed by atoms with Gasteiger partial charge in [-0.1, -0.05) is 13.8 Å². The van der Waals surface area contributed by atoms with Gasteiger partial charge in [0.1, 0.15) is 0 Å². The van der Waals surface area contributed by atoms with Gasteiger partial charge in [-0.25, -0.2) is 12.7 Å². The van der Waals surface area contributed by atoms with Crippen molar-refractivity contribution in [1.29, 1.82) is 0 Å². The summed E-state index contributed by atoms with van der Waals surface area (Å²) in [5.41, 5.74) is 0. The number of halogens is 1. The van der Waals surface area contributed by atoms with Gasteiger partial charge >= 0.3 is 0 Å². The van der Waals surface area contributed by atoms with Gasteiger partial charge in [-0.15, -0.1) is 11.6 Å². The fourth-order valence-corrected chi connectivity index (χ4v) is 3.84. The lowest BCUT2D eigenvalue weighted by Gasteiger charge is -2.32. The van der Waals surface area contributed by atoms with Crippen LogP contribution in [-0.2, 0) is 14.8 Å². The van der Waals surface area contributed by atoms with Gasteiger partial charge in [-0.3, -0.25) is 4.79 Å². The maximum absolute atomic E-state index is 12.0. The van der Waals surface area contributed by atoms with Gasteiger partial charge in [0.2, 0.25) is 15.9 Å². The van der Waals surface area contributed by atoms with Crippen LogP contribution >= 0.6 is 11.6 Å². The van der Waals surface area contributed by atoms with E-state index in [0.717, 1.165) is 0 Å². The molecule has 0 bridgehead atoms. The Balaban J connectivity index is 2.42. The fraction of sp³-hybridized carbons (Fsp3) is 0.917. The van der Waals surface area contributed by atoms with E-state index >= 15 is 0 Å². The summed E-state index contributed by atoms with van der Waals surface area (Å²) in [6.07, 6.45) is 1.84. The molecule has 5 nitrogen and oxygen atoms in total. The van der Waals surface area contributed by atoms with Crippen LogP contribution in [0.15, 0.2) is 0 Å². The predicted octanol–water partition coefficient (Wildman–Crippen LogP) is 1.18. The van der Waals surface area contributed by atoms with Crippen LogP contribution in [0.2, 0.25) is 0 Å². The number of nitrogens with one attached hydrogen (secondary N) is 1. The van der Waals surface area contributed by atoms with Crippen LogP contribution in [0.5, 0.6) is 0 Å². The van der Waals surface area contributed by atoms with Crippen LogP contribution in [-0.4, -0.2) is 49.4 Å². The lowest BCUT2D eigenvalue weighted by Crippen LogP contribution is -2.47. The van der Waals surface area contributed by atoms with Crippen molar-refractivity contribution in [2.45, 2.75) is 39.2 Å². The third kappa shape index (κ3) is 5.28. The van der Waals surface area contributed by atoms with E-state index in [0.29, 0.717) is 38.2 Å². The normalized spacial score (nSPS) is 18.7. The number of alkyl halides is 1. The van der Waals surface area contributed by atoms with Gasteiger partial charge in [-0.2, -0.15) is 0 Å². The van der Waals surface area contributed by atoms with Gasteiger partial charge in [0, 0.05) is 30.9 Å². The van der Waals surface area contributed by atoms with E-state index in [2.05, 4.69) is 5.32 Å². The Morgan fingerprint density at radius 3 is 2.42 bits per heavy atom. The largest absolute Gasteiger partial charge is 0.353 e. The van der Waals surface area contributed by atoms with Crippen molar-refractivity contribution < 1.29 is 13.2 Å². The highest BCUT2D eigenvalue weighted by atomic mass is 35.5. The number of hydrogen-bond donors (Lipinski definition) is 1. The fourth-order valence-electron chi connectivity index (χ4n) is 2.01. The molecule has 1 rings (SSSR count). The summed E-state index contributed by atoms with van der Waals surface area (Å²) in [7, 11) is -3.18. The second kappa shape index (κ2) is 7.45.